The Morgan fingerprint density at radius 3 is 2.33 bits per heavy atom. The zero-order chi connectivity index (χ0) is 12.1. The van der Waals surface area contributed by atoms with Crippen LogP contribution in [0, 0.1) is 16.7 Å². The van der Waals surface area contributed by atoms with E-state index in [2.05, 4.69) is 6.07 Å². The summed E-state index contributed by atoms with van der Waals surface area (Å²) >= 11 is 0. The molecule has 0 saturated carbocycles. The van der Waals surface area contributed by atoms with Gasteiger partial charge in [0.25, 0.3) is 0 Å². The molecule has 0 aliphatic rings. The molecule has 88 valence electrons. The van der Waals surface area contributed by atoms with Crippen molar-refractivity contribution in [2.45, 2.75) is 39.7 Å². The molecule has 5 heteroatoms. The summed E-state index contributed by atoms with van der Waals surface area (Å²) in [6, 6.07) is 2.00. The summed E-state index contributed by atoms with van der Waals surface area (Å²) in [7, 11) is -3.05. The average molecular weight is 232 g/mol. The van der Waals surface area contributed by atoms with Gasteiger partial charge in [0, 0.05) is 6.04 Å². The summed E-state index contributed by atoms with van der Waals surface area (Å²) in [6.07, 6.45) is 0.861. The van der Waals surface area contributed by atoms with Crippen molar-refractivity contribution in [3.63, 3.8) is 0 Å². The first-order valence-electron chi connectivity index (χ1n) is 5.06. The molecule has 0 spiro atoms. The van der Waals surface area contributed by atoms with Crippen molar-refractivity contribution in [3.05, 3.63) is 0 Å². The van der Waals surface area contributed by atoms with Gasteiger partial charge in [-0.15, -0.1) is 0 Å². The normalized spacial score (nSPS) is 14.6. The molecule has 0 bridgehead atoms. The Hall–Kier alpha value is -0.600. The highest BCUT2D eigenvalue weighted by molar-refractivity contribution is 7.91. The maximum Gasteiger partial charge on any atom is 0.150 e. The third-order valence-electron chi connectivity index (χ3n) is 2.22. The van der Waals surface area contributed by atoms with Gasteiger partial charge in [-0.3, -0.25) is 0 Å². The highest BCUT2D eigenvalue weighted by Gasteiger charge is 2.21. The molecule has 2 N–H and O–H groups in total. The molecule has 15 heavy (non-hydrogen) atoms. The van der Waals surface area contributed by atoms with Crippen molar-refractivity contribution in [2.75, 3.05) is 11.5 Å². The van der Waals surface area contributed by atoms with E-state index in [0.29, 0.717) is 12.8 Å². The molecule has 4 nitrogen and oxygen atoms in total. The summed E-state index contributed by atoms with van der Waals surface area (Å²) in [6.45, 7) is 5.27. The van der Waals surface area contributed by atoms with Crippen molar-refractivity contribution >= 4 is 9.84 Å². The third kappa shape index (κ3) is 7.34. The van der Waals surface area contributed by atoms with Crippen LogP contribution >= 0.6 is 0 Å². The van der Waals surface area contributed by atoms with Gasteiger partial charge in [-0.2, -0.15) is 5.26 Å². The lowest BCUT2D eigenvalue weighted by Crippen LogP contribution is -2.23. The quantitative estimate of drug-likeness (QED) is 0.742. The van der Waals surface area contributed by atoms with Crippen LogP contribution in [0.25, 0.3) is 0 Å². The fourth-order valence-electron chi connectivity index (χ4n) is 0.934. The molecule has 0 aliphatic carbocycles. The van der Waals surface area contributed by atoms with E-state index in [9.17, 15) is 8.42 Å². The van der Waals surface area contributed by atoms with Gasteiger partial charge in [-0.05, 0) is 33.6 Å². The summed E-state index contributed by atoms with van der Waals surface area (Å²) in [5.74, 6) is 0.187. The largest absolute Gasteiger partial charge is 0.328 e. The molecule has 0 aromatic heterocycles. The second kappa shape index (κ2) is 5.47. The molecule has 0 aromatic carbocycles. The highest BCUT2D eigenvalue weighted by atomic mass is 32.2. The van der Waals surface area contributed by atoms with Crippen LogP contribution in [0.3, 0.4) is 0 Å². The fourth-order valence-corrected chi connectivity index (χ4v) is 2.69. The zero-order valence-corrected chi connectivity index (χ0v) is 10.5. The molecule has 0 fully saturated rings. The molecule has 0 heterocycles. The first-order valence-corrected chi connectivity index (χ1v) is 6.88. The molecule has 0 amide bonds. The van der Waals surface area contributed by atoms with E-state index in [0.717, 1.165) is 0 Å². The van der Waals surface area contributed by atoms with Crippen LogP contribution in [0.4, 0.5) is 0 Å². The number of hydrogen-bond acceptors (Lipinski definition) is 4. The molecule has 0 radical (unpaired) electrons. The monoisotopic (exact) mass is 232 g/mol. The Kier molecular flexibility index (Phi) is 5.26. The Balaban J connectivity index is 4.13. The van der Waals surface area contributed by atoms with Gasteiger partial charge in [0.15, 0.2) is 0 Å². The van der Waals surface area contributed by atoms with Crippen LogP contribution in [0.15, 0.2) is 0 Å². The van der Waals surface area contributed by atoms with Crippen LogP contribution in [0.2, 0.25) is 0 Å². The number of sulfone groups is 1. The average Bonchev–Trinajstić information content (AvgIpc) is 2.13. The zero-order valence-electron chi connectivity index (χ0n) is 9.66. The lowest BCUT2D eigenvalue weighted by atomic mass is 9.93. The van der Waals surface area contributed by atoms with Gasteiger partial charge >= 0.3 is 0 Å². The van der Waals surface area contributed by atoms with E-state index in [1.165, 1.54) is 0 Å². The van der Waals surface area contributed by atoms with Crippen LogP contribution in [-0.4, -0.2) is 26.0 Å². The van der Waals surface area contributed by atoms with Gasteiger partial charge in [0.05, 0.1) is 23.0 Å². The van der Waals surface area contributed by atoms with E-state index in [1.807, 2.05) is 0 Å². The number of nitrogens with zero attached hydrogens (tertiary/aromatic N) is 1. The Morgan fingerprint density at radius 1 is 1.40 bits per heavy atom. The summed E-state index contributed by atoms with van der Waals surface area (Å²) in [5, 5.41) is 8.74. The van der Waals surface area contributed by atoms with Crippen molar-refractivity contribution in [1.29, 1.82) is 5.26 Å². The van der Waals surface area contributed by atoms with Crippen molar-refractivity contribution < 1.29 is 8.42 Å². The molecule has 1 atom stereocenters. The molecule has 0 aliphatic heterocycles. The third-order valence-corrected chi connectivity index (χ3v) is 3.91. The van der Waals surface area contributed by atoms with Gasteiger partial charge in [-0.1, -0.05) is 0 Å². The maximum absolute atomic E-state index is 11.5. The molecular weight excluding hydrogens is 212 g/mol. The maximum atomic E-state index is 11.5. The fraction of sp³-hybridized carbons (Fsp3) is 0.900. The second-order valence-electron chi connectivity index (χ2n) is 4.66. The minimum absolute atomic E-state index is 0.0697. The smallest absolute Gasteiger partial charge is 0.150 e. The van der Waals surface area contributed by atoms with Gasteiger partial charge < -0.3 is 5.73 Å². The number of rotatable bonds is 6. The van der Waals surface area contributed by atoms with Gasteiger partial charge in [0.2, 0.25) is 0 Å². The van der Waals surface area contributed by atoms with E-state index in [-0.39, 0.29) is 17.5 Å². The standard InChI is InChI=1S/C10H20N2O2S/c1-9(12)4-6-15(13,14)7-5-10(2,3)8-11/h9H,4-7,12H2,1-3H3. The van der Waals surface area contributed by atoms with Crippen molar-refractivity contribution in [2.24, 2.45) is 11.1 Å². The van der Waals surface area contributed by atoms with Crippen molar-refractivity contribution in [3.8, 4) is 6.07 Å². The lowest BCUT2D eigenvalue weighted by molar-refractivity contribution is 0.473. The SMILES string of the molecule is CC(N)CCS(=O)(=O)CCC(C)(C)C#N. The second-order valence-corrected chi connectivity index (χ2v) is 6.97. The van der Waals surface area contributed by atoms with E-state index in [1.54, 1.807) is 20.8 Å². The van der Waals surface area contributed by atoms with Gasteiger partial charge in [0.1, 0.15) is 9.84 Å². The van der Waals surface area contributed by atoms with Crippen LogP contribution in [-0.2, 0) is 9.84 Å². The molecule has 1 unspecified atom stereocenters. The predicted octanol–water partition coefficient (Wildman–Crippen LogP) is 1.08. The van der Waals surface area contributed by atoms with Crippen LogP contribution < -0.4 is 5.73 Å². The van der Waals surface area contributed by atoms with E-state index in [4.69, 9.17) is 11.0 Å². The minimum atomic E-state index is -3.05. The van der Waals surface area contributed by atoms with E-state index < -0.39 is 15.3 Å². The Labute approximate surface area is 92.4 Å². The molecule has 0 saturated heterocycles. The lowest BCUT2D eigenvalue weighted by Gasteiger charge is -2.14. The number of hydrogen-bond donors (Lipinski definition) is 1. The topological polar surface area (TPSA) is 84.0 Å². The number of nitriles is 1. The summed E-state index contributed by atoms with van der Waals surface area (Å²) in [4.78, 5) is 0. The molecule has 0 rings (SSSR count). The predicted molar refractivity (Wildman–Crippen MR) is 60.9 cm³/mol. The molecular formula is C10H20N2O2S. The minimum Gasteiger partial charge on any atom is -0.328 e. The Bertz CT molecular complexity index is 326. The van der Waals surface area contributed by atoms with Crippen LogP contribution in [0.1, 0.15) is 33.6 Å². The van der Waals surface area contributed by atoms with Crippen LogP contribution in [0.5, 0.6) is 0 Å². The summed E-state index contributed by atoms with van der Waals surface area (Å²) < 4.78 is 23.1. The Morgan fingerprint density at radius 2 is 1.93 bits per heavy atom. The van der Waals surface area contributed by atoms with Crippen molar-refractivity contribution in [1.82, 2.24) is 0 Å². The molecule has 0 aromatic rings. The number of nitrogens with two attached hydrogens (primary N) is 1. The highest BCUT2D eigenvalue weighted by Crippen LogP contribution is 2.19. The first-order chi connectivity index (χ1) is 6.68. The van der Waals surface area contributed by atoms with Gasteiger partial charge in [-0.25, -0.2) is 8.42 Å². The first kappa shape index (κ1) is 14.4. The summed E-state index contributed by atoms with van der Waals surface area (Å²) in [5.41, 5.74) is 4.92. The van der Waals surface area contributed by atoms with E-state index >= 15 is 0 Å².